The Morgan fingerprint density at radius 3 is 2.58 bits per heavy atom. The molecule has 0 aliphatic rings. The van der Waals surface area contributed by atoms with Gasteiger partial charge in [-0.25, -0.2) is 9.37 Å². The van der Waals surface area contributed by atoms with Gasteiger partial charge in [0.2, 0.25) is 0 Å². The second-order valence-corrected chi connectivity index (χ2v) is 6.32. The molecule has 0 unspecified atom stereocenters. The Hall–Kier alpha value is -2.75. The molecular formula is C22H22FNO2. The van der Waals surface area contributed by atoms with E-state index in [-0.39, 0.29) is 11.8 Å². The SMILES string of the molecule is CCCCCCC(=O)Oc1cccc2ccc(-c3ccc(F)cc3)nc12. The first-order valence-electron chi connectivity index (χ1n) is 9.04. The van der Waals surface area contributed by atoms with Crippen LogP contribution in [0.15, 0.2) is 54.6 Å². The third-order valence-electron chi connectivity index (χ3n) is 4.28. The normalized spacial score (nSPS) is 10.8. The Morgan fingerprint density at radius 1 is 1.00 bits per heavy atom. The first kappa shape index (κ1) is 18.1. The van der Waals surface area contributed by atoms with Crippen LogP contribution in [0.2, 0.25) is 0 Å². The Labute approximate surface area is 152 Å². The maximum absolute atomic E-state index is 13.1. The van der Waals surface area contributed by atoms with E-state index in [1.54, 1.807) is 18.2 Å². The van der Waals surface area contributed by atoms with E-state index in [4.69, 9.17) is 4.74 Å². The number of esters is 1. The van der Waals surface area contributed by atoms with Crippen LogP contribution < -0.4 is 4.74 Å². The largest absolute Gasteiger partial charge is 0.424 e. The number of fused-ring (bicyclic) bond motifs is 1. The zero-order valence-electron chi connectivity index (χ0n) is 14.9. The van der Waals surface area contributed by atoms with Gasteiger partial charge in [0.1, 0.15) is 11.3 Å². The summed E-state index contributed by atoms with van der Waals surface area (Å²) >= 11 is 0. The molecule has 1 heterocycles. The van der Waals surface area contributed by atoms with E-state index in [1.165, 1.54) is 12.1 Å². The zero-order chi connectivity index (χ0) is 18.4. The molecule has 26 heavy (non-hydrogen) atoms. The average molecular weight is 351 g/mol. The number of hydrogen-bond donors (Lipinski definition) is 0. The quantitative estimate of drug-likeness (QED) is 0.301. The minimum Gasteiger partial charge on any atom is -0.424 e. The first-order valence-corrected chi connectivity index (χ1v) is 9.04. The lowest BCUT2D eigenvalue weighted by atomic mass is 10.1. The summed E-state index contributed by atoms with van der Waals surface area (Å²) < 4.78 is 18.7. The Bertz CT molecular complexity index is 890. The van der Waals surface area contributed by atoms with Gasteiger partial charge >= 0.3 is 5.97 Å². The van der Waals surface area contributed by atoms with Crippen LogP contribution in [0.3, 0.4) is 0 Å². The number of hydrogen-bond acceptors (Lipinski definition) is 3. The molecule has 0 saturated carbocycles. The second-order valence-electron chi connectivity index (χ2n) is 6.32. The number of ether oxygens (including phenoxy) is 1. The van der Waals surface area contributed by atoms with Gasteiger partial charge in [0.15, 0.2) is 5.75 Å². The van der Waals surface area contributed by atoms with Gasteiger partial charge in [-0.2, -0.15) is 0 Å². The predicted molar refractivity (Wildman–Crippen MR) is 102 cm³/mol. The first-order chi connectivity index (χ1) is 12.7. The zero-order valence-corrected chi connectivity index (χ0v) is 14.9. The third-order valence-corrected chi connectivity index (χ3v) is 4.28. The van der Waals surface area contributed by atoms with Gasteiger partial charge in [0, 0.05) is 17.4 Å². The van der Waals surface area contributed by atoms with Crippen molar-refractivity contribution < 1.29 is 13.9 Å². The van der Waals surface area contributed by atoms with Crippen LogP contribution >= 0.6 is 0 Å². The number of para-hydroxylation sites is 1. The summed E-state index contributed by atoms with van der Waals surface area (Å²) in [6.45, 7) is 2.14. The van der Waals surface area contributed by atoms with E-state index < -0.39 is 0 Å². The van der Waals surface area contributed by atoms with Gasteiger partial charge in [-0.05, 0) is 42.8 Å². The third kappa shape index (κ3) is 4.45. The van der Waals surface area contributed by atoms with Crippen molar-refractivity contribution >= 4 is 16.9 Å². The predicted octanol–water partition coefficient (Wildman–Crippen LogP) is 5.92. The summed E-state index contributed by atoms with van der Waals surface area (Å²) in [7, 11) is 0. The lowest BCUT2D eigenvalue weighted by molar-refractivity contribution is -0.134. The van der Waals surface area contributed by atoms with E-state index >= 15 is 0 Å². The Kier molecular flexibility index (Phi) is 5.95. The maximum atomic E-state index is 13.1. The van der Waals surface area contributed by atoms with Crippen LogP contribution in [-0.4, -0.2) is 11.0 Å². The number of halogens is 1. The van der Waals surface area contributed by atoms with Crippen molar-refractivity contribution in [1.82, 2.24) is 4.98 Å². The summed E-state index contributed by atoms with van der Waals surface area (Å²) in [6.07, 6.45) is 4.55. The van der Waals surface area contributed by atoms with Crippen LogP contribution in [0, 0.1) is 5.82 Å². The molecule has 0 spiro atoms. The minimum absolute atomic E-state index is 0.234. The van der Waals surface area contributed by atoms with Crippen molar-refractivity contribution in [3.8, 4) is 17.0 Å². The number of benzene rings is 2. The fourth-order valence-electron chi connectivity index (χ4n) is 2.85. The highest BCUT2D eigenvalue weighted by Crippen LogP contribution is 2.28. The molecule has 0 amide bonds. The molecule has 3 nitrogen and oxygen atoms in total. The van der Waals surface area contributed by atoms with Crippen LogP contribution in [-0.2, 0) is 4.79 Å². The molecule has 2 aromatic carbocycles. The van der Waals surface area contributed by atoms with Crippen LogP contribution in [0.25, 0.3) is 22.2 Å². The van der Waals surface area contributed by atoms with Crippen LogP contribution in [0.4, 0.5) is 4.39 Å². The monoisotopic (exact) mass is 351 g/mol. The molecule has 0 saturated heterocycles. The van der Waals surface area contributed by atoms with Crippen molar-refractivity contribution in [1.29, 1.82) is 0 Å². The van der Waals surface area contributed by atoms with Gasteiger partial charge in [-0.1, -0.05) is 44.4 Å². The van der Waals surface area contributed by atoms with Crippen molar-refractivity contribution in [2.24, 2.45) is 0 Å². The lowest BCUT2D eigenvalue weighted by Gasteiger charge is -2.09. The number of carbonyl (C=O) groups excluding carboxylic acids is 1. The van der Waals surface area contributed by atoms with Crippen molar-refractivity contribution in [2.45, 2.75) is 39.0 Å². The van der Waals surface area contributed by atoms with Gasteiger partial charge in [0.05, 0.1) is 5.69 Å². The molecule has 3 rings (SSSR count). The second kappa shape index (κ2) is 8.56. The Balaban J connectivity index is 1.82. The average Bonchev–Trinajstić information content (AvgIpc) is 2.66. The maximum Gasteiger partial charge on any atom is 0.311 e. The van der Waals surface area contributed by atoms with Gasteiger partial charge in [0.25, 0.3) is 0 Å². The number of unbranched alkanes of at least 4 members (excludes halogenated alkanes) is 3. The van der Waals surface area contributed by atoms with Gasteiger partial charge < -0.3 is 4.74 Å². The molecule has 0 fully saturated rings. The minimum atomic E-state index is -0.285. The van der Waals surface area contributed by atoms with E-state index in [2.05, 4.69) is 11.9 Å². The van der Waals surface area contributed by atoms with Crippen LogP contribution in [0.5, 0.6) is 5.75 Å². The molecule has 134 valence electrons. The van der Waals surface area contributed by atoms with Crippen LogP contribution in [0.1, 0.15) is 39.0 Å². The molecule has 0 aliphatic carbocycles. The fraction of sp³-hybridized carbons (Fsp3) is 0.273. The van der Waals surface area contributed by atoms with E-state index in [0.717, 1.165) is 36.6 Å². The lowest BCUT2D eigenvalue weighted by Crippen LogP contribution is -2.08. The van der Waals surface area contributed by atoms with E-state index in [0.29, 0.717) is 23.4 Å². The van der Waals surface area contributed by atoms with Gasteiger partial charge in [-0.3, -0.25) is 4.79 Å². The van der Waals surface area contributed by atoms with Crippen molar-refractivity contribution in [2.75, 3.05) is 0 Å². The molecule has 0 bridgehead atoms. The van der Waals surface area contributed by atoms with E-state index in [9.17, 15) is 9.18 Å². The van der Waals surface area contributed by atoms with Gasteiger partial charge in [-0.15, -0.1) is 0 Å². The highest BCUT2D eigenvalue weighted by atomic mass is 19.1. The molecule has 3 aromatic rings. The number of carbonyl (C=O) groups is 1. The number of rotatable bonds is 7. The van der Waals surface area contributed by atoms with Crippen molar-refractivity contribution in [3.63, 3.8) is 0 Å². The molecule has 0 radical (unpaired) electrons. The summed E-state index contributed by atoms with van der Waals surface area (Å²) in [5.41, 5.74) is 2.16. The molecular weight excluding hydrogens is 329 g/mol. The molecule has 4 heteroatoms. The molecule has 0 aliphatic heterocycles. The Morgan fingerprint density at radius 2 is 1.81 bits per heavy atom. The standard InChI is InChI=1S/C22H22FNO2/c1-2-3-4-5-9-21(25)26-20-8-6-7-17-12-15-19(24-22(17)20)16-10-13-18(23)14-11-16/h6-8,10-15H,2-5,9H2,1H3. The summed E-state index contributed by atoms with van der Waals surface area (Å²) in [4.78, 5) is 16.8. The number of nitrogens with zero attached hydrogens (tertiary/aromatic N) is 1. The summed E-state index contributed by atoms with van der Waals surface area (Å²) in [6, 6.07) is 15.5. The van der Waals surface area contributed by atoms with Crippen molar-refractivity contribution in [3.05, 3.63) is 60.4 Å². The summed E-state index contributed by atoms with van der Waals surface area (Å²) in [5.74, 6) is -0.0539. The highest BCUT2D eigenvalue weighted by molar-refractivity contribution is 5.88. The number of pyridine rings is 1. The fourth-order valence-corrected chi connectivity index (χ4v) is 2.85. The summed E-state index contributed by atoms with van der Waals surface area (Å²) in [5, 5.41) is 0.896. The topological polar surface area (TPSA) is 39.2 Å². The number of aromatic nitrogens is 1. The highest BCUT2D eigenvalue weighted by Gasteiger charge is 2.11. The van der Waals surface area contributed by atoms with E-state index in [1.807, 2.05) is 24.3 Å². The molecule has 0 N–H and O–H groups in total. The molecule has 1 aromatic heterocycles. The molecule has 0 atom stereocenters. The smallest absolute Gasteiger partial charge is 0.311 e.